The molecule has 1 N–H and O–H groups in total. The minimum absolute atomic E-state index is 0.0387. The monoisotopic (exact) mass is 337 g/mol. The molecule has 21 heavy (non-hydrogen) atoms. The lowest BCUT2D eigenvalue weighted by atomic mass is 10.3. The molecule has 7 nitrogen and oxygen atoms in total. The lowest BCUT2D eigenvalue weighted by molar-refractivity contribution is -0.124. The number of nitrogens with zero attached hydrogens (tertiary/aromatic N) is 2. The van der Waals surface area contributed by atoms with Crippen LogP contribution in [0.15, 0.2) is 4.90 Å². The first kappa shape index (κ1) is 17.9. The Morgan fingerprint density at radius 2 is 2.10 bits per heavy atom. The third-order valence-corrected chi connectivity index (χ3v) is 4.61. The van der Waals surface area contributed by atoms with Gasteiger partial charge in [0.25, 0.3) is 9.05 Å². The van der Waals surface area contributed by atoms with Gasteiger partial charge >= 0.3 is 0 Å². The molecule has 0 saturated carbocycles. The number of halogens is 1. The highest BCUT2D eigenvalue weighted by molar-refractivity contribution is 8.13. The molecule has 1 rings (SSSR count). The van der Waals surface area contributed by atoms with Crippen molar-refractivity contribution in [2.75, 3.05) is 20.3 Å². The molecule has 9 heteroatoms. The van der Waals surface area contributed by atoms with E-state index in [4.69, 9.17) is 15.4 Å². The summed E-state index contributed by atoms with van der Waals surface area (Å²) in [5.41, 5.74) is 0.628. The zero-order chi connectivity index (χ0) is 16.2. The van der Waals surface area contributed by atoms with E-state index in [0.717, 1.165) is 0 Å². The third kappa shape index (κ3) is 4.42. The van der Waals surface area contributed by atoms with E-state index in [1.54, 1.807) is 27.9 Å². The van der Waals surface area contributed by atoms with Crippen molar-refractivity contribution in [1.82, 2.24) is 15.1 Å². The molecule has 0 bridgehead atoms. The van der Waals surface area contributed by atoms with Crippen LogP contribution in [0.25, 0.3) is 0 Å². The molecular weight excluding hydrogens is 318 g/mol. The van der Waals surface area contributed by atoms with Crippen molar-refractivity contribution >= 4 is 25.6 Å². The molecule has 0 aliphatic heterocycles. The van der Waals surface area contributed by atoms with Crippen molar-refractivity contribution in [3.63, 3.8) is 0 Å². The fourth-order valence-corrected chi connectivity index (χ4v) is 3.57. The number of methoxy groups -OCH3 is 1. The van der Waals surface area contributed by atoms with Gasteiger partial charge in [-0.05, 0) is 27.2 Å². The summed E-state index contributed by atoms with van der Waals surface area (Å²) < 4.78 is 29.3. The van der Waals surface area contributed by atoms with Crippen LogP contribution in [-0.4, -0.2) is 44.4 Å². The van der Waals surface area contributed by atoms with Crippen molar-refractivity contribution in [1.29, 1.82) is 0 Å². The molecule has 0 aliphatic carbocycles. The van der Waals surface area contributed by atoms with E-state index in [1.807, 2.05) is 0 Å². The Hall–Kier alpha value is -1.12. The molecule has 0 aromatic carbocycles. The van der Waals surface area contributed by atoms with Crippen molar-refractivity contribution in [2.24, 2.45) is 0 Å². The summed E-state index contributed by atoms with van der Waals surface area (Å²) in [4.78, 5) is 12.0. The maximum absolute atomic E-state index is 12.0. The molecular formula is C12H20ClN3O4S. The standard InChI is InChI=1S/C12H20ClN3O4S/c1-8-11(21(13,18)19)9(2)16(15-8)10(3)12(17)14-6-5-7-20-4/h10H,5-7H2,1-4H3,(H,14,17). The Morgan fingerprint density at radius 3 is 2.57 bits per heavy atom. The first-order valence-electron chi connectivity index (χ1n) is 6.47. The Bertz CT molecular complexity index is 612. The van der Waals surface area contributed by atoms with Gasteiger partial charge in [-0.25, -0.2) is 8.42 Å². The molecule has 1 aromatic rings. The largest absolute Gasteiger partial charge is 0.385 e. The van der Waals surface area contributed by atoms with Gasteiger partial charge in [0, 0.05) is 30.9 Å². The third-order valence-electron chi connectivity index (χ3n) is 3.07. The van der Waals surface area contributed by atoms with Gasteiger partial charge in [-0.1, -0.05) is 0 Å². The lowest BCUT2D eigenvalue weighted by Crippen LogP contribution is -2.33. The van der Waals surface area contributed by atoms with Crippen molar-refractivity contribution in [2.45, 2.75) is 38.1 Å². The predicted molar refractivity (Wildman–Crippen MR) is 79.0 cm³/mol. The summed E-state index contributed by atoms with van der Waals surface area (Å²) in [5, 5.41) is 6.86. The summed E-state index contributed by atoms with van der Waals surface area (Å²) in [6, 6.07) is -0.626. The quantitative estimate of drug-likeness (QED) is 0.595. The second kappa shape index (κ2) is 7.24. The second-order valence-electron chi connectivity index (χ2n) is 4.70. The van der Waals surface area contributed by atoms with Crippen LogP contribution in [0.2, 0.25) is 0 Å². The lowest BCUT2D eigenvalue weighted by Gasteiger charge is -2.14. The van der Waals surface area contributed by atoms with Crippen LogP contribution in [0.1, 0.15) is 30.8 Å². The Balaban J connectivity index is 2.89. The zero-order valence-corrected chi connectivity index (χ0v) is 14.1. The molecule has 0 radical (unpaired) electrons. The normalized spacial score (nSPS) is 13.2. The van der Waals surface area contributed by atoms with Crippen LogP contribution in [0, 0.1) is 13.8 Å². The number of aryl methyl sites for hydroxylation is 1. The van der Waals surface area contributed by atoms with Gasteiger partial charge in [0.15, 0.2) is 0 Å². The van der Waals surface area contributed by atoms with Crippen LogP contribution < -0.4 is 5.32 Å². The van der Waals surface area contributed by atoms with Gasteiger partial charge in [0.2, 0.25) is 5.91 Å². The first-order chi connectivity index (χ1) is 9.70. The van der Waals surface area contributed by atoms with E-state index >= 15 is 0 Å². The highest BCUT2D eigenvalue weighted by Crippen LogP contribution is 2.25. The first-order valence-corrected chi connectivity index (χ1v) is 8.78. The van der Waals surface area contributed by atoms with Gasteiger partial charge in [0.05, 0.1) is 11.4 Å². The Labute approximate surface area is 129 Å². The van der Waals surface area contributed by atoms with Crippen molar-refractivity contribution in [3.8, 4) is 0 Å². The summed E-state index contributed by atoms with van der Waals surface area (Å²) in [6.45, 7) is 5.81. The van der Waals surface area contributed by atoms with Crippen molar-refractivity contribution < 1.29 is 17.9 Å². The van der Waals surface area contributed by atoms with Gasteiger partial charge in [-0.3, -0.25) is 9.48 Å². The smallest absolute Gasteiger partial charge is 0.264 e. The van der Waals surface area contributed by atoms with E-state index in [2.05, 4.69) is 10.4 Å². The molecule has 1 unspecified atom stereocenters. The van der Waals surface area contributed by atoms with E-state index < -0.39 is 15.1 Å². The number of amides is 1. The summed E-state index contributed by atoms with van der Waals surface area (Å²) in [6.07, 6.45) is 0.702. The molecule has 0 spiro atoms. The number of hydrogen-bond acceptors (Lipinski definition) is 5. The number of ether oxygens (including phenoxy) is 1. The predicted octanol–water partition coefficient (Wildman–Crippen LogP) is 1.14. The summed E-state index contributed by atoms with van der Waals surface area (Å²) in [7, 11) is 3.10. The average molecular weight is 338 g/mol. The van der Waals surface area contributed by atoms with E-state index in [-0.39, 0.29) is 16.5 Å². The van der Waals surface area contributed by atoms with Gasteiger partial charge in [-0.2, -0.15) is 5.10 Å². The van der Waals surface area contributed by atoms with Crippen LogP contribution in [0.5, 0.6) is 0 Å². The number of carbonyl (C=O) groups excluding carboxylic acids is 1. The maximum atomic E-state index is 12.0. The fourth-order valence-electron chi connectivity index (χ4n) is 2.06. The number of nitrogens with one attached hydrogen (secondary N) is 1. The Kier molecular flexibility index (Phi) is 6.18. The molecule has 0 saturated heterocycles. The summed E-state index contributed by atoms with van der Waals surface area (Å²) >= 11 is 0. The summed E-state index contributed by atoms with van der Waals surface area (Å²) in [5.74, 6) is -0.241. The zero-order valence-electron chi connectivity index (χ0n) is 12.5. The minimum atomic E-state index is -3.89. The maximum Gasteiger partial charge on any atom is 0.264 e. The van der Waals surface area contributed by atoms with E-state index in [0.29, 0.717) is 25.3 Å². The Morgan fingerprint density at radius 1 is 1.48 bits per heavy atom. The average Bonchev–Trinajstić information content (AvgIpc) is 2.68. The number of carbonyl (C=O) groups is 1. The molecule has 0 aliphatic rings. The SMILES string of the molecule is COCCCNC(=O)C(C)n1nc(C)c(S(=O)(=O)Cl)c1C. The second-order valence-corrected chi connectivity index (χ2v) is 7.20. The molecule has 1 aromatic heterocycles. The van der Waals surface area contributed by atoms with Crippen LogP contribution in [-0.2, 0) is 18.6 Å². The van der Waals surface area contributed by atoms with Crippen LogP contribution in [0.4, 0.5) is 0 Å². The highest BCUT2D eigenvalue weighted by atomic mass is 35.7. The topological polar surface area (TPSA) is 90.3 Å². The van der Waals surface area contributed by atoms with Crippen molar-refractivity contribution in [3.05, 3.63) is 11.4 Å². The molecule has 1 atom stereocenters. The number of rotatable bonds is 7. The van der Waals surface area contributed by atoms with E-state index in [9.17, 15) is 13.2 Å². The highest BCUT2D eigenvalue weighted by Gasteiger charge is 2.26. The minimum Gasteiger partial charge on any atom is -0.385 e. The van der Waals surface area contributed by atoms with Gasteiger partial charge in [0.1, 0.15) is 10.9 Å². The van der Waals surface area contributed by atoms with Crippen LogP contribution in [0.3, 0.4) is 0 Å². The van der Waals surface area contributed by atoms with E-state index in [1.165, 1.54) is 4.68 Å². The molecule has 1 heterocycles. The fraction of sp³-hybridized carbons (Fsp3) is 0.667. The van der Waals surface area contributed by atoms with Crippen LogP contribution >= 0.6 is 10.7 Å². The molecule has 0 fully saturated rings. The number of hydrogen-bond donors (Lipinski definition) is 1. The molecule has 120 valence electrons. The number of aromatic nitrogens is 2. The molecule has 1 amide bonds. The van der Waals surface area contributed by atoms with Gasteiger partial charge in [-0.15, -0.1) is 0 Å². The van der Waals surface area contributed by atoms with Gasteiger partial charge < -0.3 is 10.1 Å².